The van der Waals surface area contributed by atoms with E-state index < -0.39 is 0 Å². The summed E-state index contributed by atoms with van der Waals surface area (Å²) < 4.78 is 3.36. The molecule has 1 aliphatic carbocycles. The van der Waals surface area contributed by atoms with Gasteiger partial charge in [0.15, 0.2) is 5.65 Å². The van der Waals surface area contributed by atoms with E-state index in [2.05, 4.69) is 15.3 Å². The summed E-state index contributed by atoms with van der Waals surface area (Å²) in [6, 6.07) is 8.03. The maximum atomic E-state index is 12.9. The summed E-state index contributed by atoms with van der Waals surface area (Å²) in [7, 11) is 1.75. The summed E-state index contributed by atoms with van der Waals surface area (Å²) in [4.78, 5) is 26.5. The van der Waals surface area contributed by atoms with Crippen LogP contribution >= 0.6 is 0 Å². The fourth-order valence-electron chi connectivity index (χ4n) is 4.32. The van der Waals surface area contributed by atoms with Crippen molar-refractivity contribution in [1.82, 2.24) is 24.1 Å². The van der Waals surface area contributed by atoms with Crippen LogP contribution < -0.4 is 11.0 Å². The second kappa shape index (κ2) is 7.21. The number of aliphatic hydroxyl groups is 1. The lowest BCUT2D eigenvalue weighted by Gasteiger charge is -2.26. The standard InChI is InChI=1S/C22H24N6O2/c1-13-10-18-14(4-3-9-23-18)11-17(13)25-21-24-12-19-20(26-21)28(22(30)27(19)2)15-5-7-16(29)8-6-15/h3-4,9-12,15-16,29H,5-8H2,1-2H3,(H,24,25,26)/t15-,16+. The highest BCUT2D eigenvalue weighted by molar-refractivity contribution is 5.85. The maximum absolute atomic E-state index is 12.9. The second-order valence-corrected chi connectivity index (χ2v) is 8.06. The molecule has 30 heavy (non-hydrogen) atoms. The number of imidazole rings is 1. The molecule has 1 fully saturated rings. The van der Waals surface area contributed by atoms with Gasteiger partial charge in [-0.3, -0.25) is 14.1 Å². The summed E-state index contributed by atoms with van der Waals surface area (Å²) >= 11 is 0. The summed E-state index contributed by atoms with van der Waals surface area (Å²) in [6.45, 7) is 2.01. The number of pyridine rings is 1. The number of aliphatic hydroxyl groups excluding tert-OH is 1. The average Bonchev–Trinajstić information content (AvgIpc) is 2.99. The number of nitrogens with zero attached hydrogens (tertiary/aromatic N) is 5. The summed E-state index contributed by atoms with van der Waals surface area (Å²) in [5.74, 6) is 0.448. The van der Waals surface area contributed by atoms with E-state index in [-0.39, 0.29) is 17.8 Å². The molecule has 8 nitrogen and oxygen atoms in total. The van der Waals surface area contributed by atoms with Gasteiger partial charge in [-0.25, -0.2) is 9.78 Å². The number of aromatic nitrogens is 5. The lowest BCUT2D eigenvalue weighted by molar-refractivity contribution is 0.110. The Balaban J connectivity index is 1.56. The first kappa shape index (κ1) is 18.7. The molecule has 0 saturated heterocycles. The molecule has 1 saturated carbocycles. The van der Waals surface area contributed by atoms with Gasteiger partial charge < -0.3 is 10.4 Å². The molecule has 8 heteroatoms. The smallest absolute Gasteiger partial charge is 0.330 e. The van der Waals surface area contributed by atoms with Crippen LogP contribution in [0.2, 0.25) is 0 Å². The van der Waals surface area contributed by atoms with Crippen LogP contribution in [0.5, 0.6) is 0 Å². The van der Waals surface area contributed by atoms with Gasteiger partial charge in [-0.05, 0) is 56.4 Å². The van der Waals surface area contributed by atoms with Gasteiger partial charge in [-0.1, -0.05) is 6.07 Å². The van der Waals surface area contributed by atoms with Crippen molar-refractivity contribution in [1.29, 1.82) is 0 Å². The third-order valence-corrected chi connectivity index (χ3v) is 6.06. The average molecular weight is 404 g/mol. The van der Waals surface area contributed by atoms with Crippen molar-refractivity contribution in [3.63, 3.8) is 0 Å². The van der Waals surface area contributed by atoms with Crippen LogP contribution in [0.1, 0.15) is 37.3 Å². The second-order valence-electron chi connectivity index (χ2n) is 8.06. The topological polar surface area (TPSA) is 97.9 Å². The van der Waals surface area contributed by atoms with Gasteiger partial charge >= 0.3 is 5.69 Å². The SMILES string of the molecule is Cc1cc2ncccc2cc1Nc1ncc2c(n1)n([C@H]1CC[C@@H](O)CC1)c(=O)n2C. The highest BCUT2D eigenvalue weighted by Gasteiger charge is 2.26. The molecule has 0 amide bonds. The predicted octanol–water partition coefficient (Wildman–Crippen LogP) is 3.21. The van der Waals surface area contributed by atoms with Crippen LogP contribution in [0.15, 0.2) is 41.5 Å². The Morgan fingerprint density at radius 1 is 1.17 bits per heavy atom. The summed E-state index contributed by atoms with van der Waals surface area (Å²) in [5, 5.41) is 14.2. The van der Waals surface area contributed by atoms with Crippen LogP contribution in [0.4, 0.5) is 11.6 Å². The Hall–Kier alpha value is -3.26. The molecule has 3 heterocycles. The molecule has 5 rings (SSSR count). The fraction of sp³-hybridized carbons (Fsp3) is 0.364. The molecule has 0 radical (unpaired) electrons. The van der Waals surface area contributed by atoms with Gasteiger partial charge in [0.25, 0.3) is 0 Å². The zero-order chi connectivity index (χ0) is 20.8. The quantitative estimate of drug-likeness (QED) is 0.544. The lowest BCUT2D eigenvalue weighted by Crippen LogP contribution is -2.30. The number of hydrogen-bond acceptors (Lipinski definition) is 6. The van der Waals surface area contributed by atoms with Gasteiger partial charge in [0.2, 0.25) is 5.95 Å². The minimum Gasteiger partial charge on any atom is -0.393 e. The van der Waals surface area contributed by atoms with Crippen LogP contribution in [-0.4, -0.2) is 35.3 Å². The molecule has 2 N–H and O–H groups in total. The molecule has 0 bridgehead atoms. The van der Waals surface area contributed by atoms with E-state index in [1.165, 1.54) is 0 Å². The minimum absolute atomic E-state index is 0.0424. The number of nitrogens with one attached hydrogen (secondary N) is 1. The van der Waals surface area contributed by atoms with Crippen molar-refractivity contribution in [3.05, 3.63) is 52.7 Å². The number of aryl methyl sites for hydroxylation is 2. The summed E-state index contributed by atoms with van der Waals surface area (Å²) in [5.41, 5.74) is 4.12. The van der Waals surface area contributed by atoms with Crippen molar-refractivity contribution in [2.75, 3.05) is 5.32 Å². The molecular formula is C22H24N6O2. The Morgan fingerprint density at radius 2 is 1.97 bits per heavy atom. The highest BCUT2D eigenvalue weighted by atomic mass is 16.3. The van der Waals surface area contributed by atoms with E-state index in [0.717, 1.165) is 35.0 Å². The normalized spacial score (nSPS) is 19.4. The van der Waals surface area contributed by atoms with Gasteiger partial charge in [-0.2, -0.15) is 4.98 Å². The van der Waals surface area contributed by atoms with Gasteiger partial charge in [-0.15, -0.1) is 0 Å². The first-order chi connectivity index (χ1) is 14.5. The zero-order valence-corrected chi connectivity index (χ0v) is 17.0. The molecule has 154 valence electrons. The number of fused-ring (bicyclic) bond motifs is 2. The third kappa shape index (κ3) is 3.13. The molecule has 0 unspecified atom stereocenters. The number of rotatable bonds is 3. The van der Waals surface area contributed by atoms with E-state index in [1.54, 1.807) is 28.6 Å². The van der Waals surface area contributed by atoms with Crippen molar-refractivity contribution in [2.45, 2.75) is 44.8 Å². The fourth-order valence-corrected chi connectivity index (χ4v) is 4.32. The van der Waals surface area contributed by atoms with Crippen molar-refractivity contribution >= 4 is 33.7 Å². The van der Waals surface area contributed by atoms with Crippen LogP contribution in [0.25, 0.3) is 22.1 Å². The molecule has 4 aromatic rings. The maximum Gasteiger partial charge on any atom is 0.330 e. The highest BCUT2D eigenvalue weighted by Crippen LogP contribution is 2.30. The molecule has 0 atom stereocenters. The molecular weight excluding hydrogens is 380 g/mol. The van der Waals surface area contributed by atoms with E-state index in [0.29, 0.717) is 30.0 Å². The third-order valence-electron chi connectivity index (χ3n) is 6.06. The molecule has 1 aliphatic rings. The van der Waals surface area contributed by atoms with Crippen LogP contribution in [-0.2, 0) is 7.05 Å². The number of anilines is 2. The van der Waals surface area contributed by atoms with Crippen LogP contribution in [0.3, 0.4) is 0 Å². The zero-order valence-electron chi connectivity index (χ0n) is 17.0. The summed E-state index contributed by atoms with van der Waals surface area (Å²) in [6.07, 6.45) is 6.14. The van der Waals surface area contributed by atoms with Crippen molar-refractivity contribution < 1.29 is 5.11 Å². The van der Waals surface area contributed by atoms with Crippen LogP contribution in [0, 0.1) is 6.92 Å². The van der Waals surface area contributed by atoms with Gasteiger partial charge in [0, 0.05) is 30.4 Å². The first-order valence-corrected chi connectivity index (χ1v) is 10.3. The van der Waals surface area contributed by atoms with E-state index in [4.69, 9.17) is 4.98 Å². The molecule has 0 aliphatic heterocycles. The van der Waals surface area contributed by atoms with E-state index in [1.807, 2.05) is 31.2 Å². The molecule has 3 aromatic heterocycles. The Morgan fingerprint density at radius 3 is 2.77 bits per heavy atom. The molecule has 0 spiro atoms. The number of benzene rings is 1. The Kier molecular flexibility index (Phi) is 4.51. The van der Waals surface area contributed by atoms with E-state index in [9.17, 15) is 9.90 Å². The molecule has 1 aromatic carbocycles. The van der Waals surface area contributed by atoms with Gasteiger partial charge in [0.05, 0.1) is 17.8 Å². The Bertz CT molecular complexity index is 1300. The number of hydrogen-bond donors (Lipinski definition) is 2. The lowest BCUT2D eigenvalue weighted by atomic mass is 9.93. The monoisotopic (exact) mass is 404 g/mol. The van der Waals surface area contributed by atoms with Crippen molar-refractivity contribution in [3.8, 4) is 0 Å². The minimum atomic E-state index is -0.274. The first-order valence-electron chi connectivity index (χ1n) is 10.3. The van der Waals surface area contributed by atoms with Crippen molar-refractivity contribution in [2.24, 2.45) is 7.05 Å². The van der Waals surface area contributed by atoms with Gasteiger partial charge in [0.1, 0.15) is 5.52 Å². The largest absolute Gasteiger partial charge is 0.393 e. The van der Waals surface area contributed by atoms with E-state index >= 15 is 0 Å². The Labute approximate surface area is 173 Å². The predicted molar refractivity (Wildman–Crippen MR) is 116 cm³/mol.